The Morgan fingerprint density at radius 1 is 1.32 bits per heavy atom. The predicted molar refractivity (Wildman–Crippen MR) is 62.4 cm³/mol. The van der Waals surface area contributed by atoms with Crippen molar-refractivity contribution in [1.82, 2.24) is 20.4 Å². The van der Waals surface area contributed by atoms with E-state index < -0.39 is 23.3 Å². The summed E-state index contributed by atoms with van der Waals surface area (Å²) in [5.74, 6) is -0.887. The summed E-state index contributed by atoms with van der Waals surface area (Å²) in [6, 6.07) is 2.68. The van der Waals surface area contributed by atoms with Crippen LogP contribution in [-0.4, -0.2) is 32.9 Å². The lowest BCUT2D eigenvalue weighted by molar-refractivity contribution is -0.158. The Morgan fingerprint density at radius 2 is 2.11 bits per heavy atom. The zero-order valence-electron chi connectivity index (χ0n) is 10.1. The van der Waals surface area contributed by atoms with Crippen LogP contribution in [0.15, 0.2) is 18.3 Å². The fraction of sp³-hybridized carbons (Fsp3) is 0.417. The van der Waals surface area contributed by atoms with E-state index in [0.29, 0.717) is 18.5 Å². The predicted octanol–water partition coefficient (Wildman–Crippen LogP) is 0.225. The van der Waals surface area contributed by atoms with Gasteiger partial charge in [-0.05, 0) is 25.0 Å². The van der Waals surface area contributed by atoms with Crippen molar-refractivity contribution in [3.63, 3.8) is 0 Å². The van der Waals surface area contributed by atoms with E-state index in [0.717, 1.165) is 11.3 Å². The Labute approximate surface area is 109 Å². The summed E-state index contributed by atoms with van der Waals surface area (Å²) in [6.45, 7) is 0.0353. The molecule has 0 unspecified atom stereocenters. The molecular weight excluding hydrogens is 248 g/mol. The van der Waals surface area contributed by atoms with Crippen molar-refractivity contribution in [1.29, 1.82) is 0 Å². The number of rotatable bonds is 2. The van der Waals surface area contributed by atoms with E-state index in [1.165, 1.54) is 6.20 Å². The molecule has 3 rings (SSSR count). The number of nitrogens with one attached hydrogen (secondary N) is 1. The number of hydrogen-bond acceptors (Lipinski definition) is 5. The summed E-state index contributed by atoms with van der Waals surface area (Å²) in [5.41, 5.74) is -0.523. The minimum atomic E-state index is -1.03. The molecule has 1 saturated carbocycles. The first-order chi connectivity index (χ1) is 9.13. The second-order valence-electron chi connectivity index (χ2n) is 4.80. The third kappa shape index (κ3) is 1.69. The minimum Gasteiger partial charge on any atom is -0.277 e. The van der Waals surface area contributed by atoms with Crippen molar-refractivity contribution >= 4 is 17.8 Å². The molecule has 1 aliphatic carbocycles. The molecule has 0 atom stereocenters. The number of barbiturate groups is 1. The average molecular weight is 260 g/mol. The minimum absolute atomic E-state index is 0.0353. The van der Waals surface area contributed by atoms with Gasteiger partial charge in [-0.3, -0.25) is 19.8 Å². The third-order valence-corrected chi connectivity index (χ3v) is 3.71. The number of carbonyl (C=O) groups excluding carboxylic acids is 3. The number of urea groups is 1. The van der Waals surface area contributed by atoms with Gasteiger partial charge in [0.15, 0.2) is 0 Å². The second kappa shape index (κ2) is 4.11. The number of aromatic nitrogens is 2. The fourth-order valence-corrected chi connectivity index (χ4v) is 2.43. The van der Waals surface area contributed by atoms with Crippen molar-refractivity contribution in [2.24, 2.45) is 5.41 Å². The highest BCUT2D eigenvalue weighted by Gasteiger charge is 2.57. The third-order valence-electron chi connectivity index (χ3n) is 3.71. The van der Waals surface area contributed by atoms with E-state index >= 15 is 0 Å². The fourth-order valence-electron chi connectivity index (χ4n) is 2.43. The molecule has 2 fully saturated rings. The van der Waals surface area contributed by atoms with Crippen molar-refractivity contribution in [3.05, 3.63) is 24.0 Å². The molecule has 0 bridgehead atoms. The molecule has 0 aromatic carbocycles. The summed E-state index contributed by atoms with van der Waals surface area (Å²) in [6.07, 6.45) is 3.34. The van der Waals surface area contributed by atoms with E-state index in [1.54, 1.807) is 12.1 Å². The van der Waals surface area contributed by atoms with Crippen LogP contribution in [0.3, 0.4) is 0 Å². The largest absolute Gasteiger partial charge is 0.331 e. The monoisotopic (exact) mass is 260 g/mol. The van der Waals surface area contributed by atoms with Gasteiger partial charge in [0.1, 0.15) is 5.41 Å². The van der Waals surface area contributed by atoms with E-state index in [4.69, 9.17) is 0 Å². The van der Waals surface area contributed by atoms with Crippen LogP contribution >= 0.6 is 0 Å². The first-order valence-corrected chi connectivity index (χ1v) is 6.07. The number of nitrogens with zero attached hydrogens (tertiary/aromatic N) is 3. The van der Waals surface area contributed by atoms with Gasteiger partial charge in [0.2, 0.25) is 11.8 Å². The van der Waals surface area contributed by atoms with Crippen LogP contribution in [0.1, 0.15) is 25.0 Å². The summed E-state index contributed by atoms with van der Waals surface area (Å²) in [4.78, 5) is 37.0. The molecule has 1 spiro atoms. The molecule has 2 aliphatic rings. The number of hydrogen-bond donors (Lipinski definition) is 1. The molecule has 1 saturated heterocycles. The van der Waals surface area contributed by atoms with E-state index in [2.05, 4.69) is 15.5 Å². The maximum absolute atomic E-state index is 12.4. The maximum atomic E-state index is 12.4. The molecule has 1 aromatic heterocycles. The maximum Gasteiger partial charge on any atom is 0.331 e. The van der Waals surface area contributed by atoms with E-state index in [-0.39, 0.29) is 6.54 Å². The molecule has 7 heteroatoms. The quantitative estimate of drug-likeness (QED) is 0.768. The molecule has 4 amide bonds. The molecule has 1 N–H and O–H groups in total. The normalized spacial score (nSPS) is 21.3. The summed E-state index contributed by atoms with van der Waals surface area (Å²) in [5, 5.41) is 9.79. The zero-order valence-corrected chi connectivity index (χ0v) is 10.1. The van der Waals surface area contributed by atoms with Gasteiger partial charge in [0.25, 0.3) is 0 Å². The van der Waals surface area contributed by atoms with Crippen LogP contribution in [0.2, 0.25) is 0 Å². The van der Waals surface area contributed by atoms with Gasteiger partial charge >= 0.3 is 6.03 Å². The lowest BCUT2D eigenvalue weighted by Crippen LogP contribution is -2.65. The lowest BCUT2D eigenvalue weighted by atomic mass is 9.66. The van der Waals surface area contributed by atoms with Crippen molar-refractivity contribution in [3.8, 4) is 0 Å². The average Bonchev–Trinajstić information content (AvgIpc) is 2.34. The first kappa shape index (κ1) is 11.8. The van der Waals surface area contributed by atoms with Gasteiger partial charge in [-0.25, -0.2) is 4.79 Å². The van der Waals surface area contributed by atoms with Crippen molar-refractivity contribution < 1.29 is 14.4 Å². The Kier molecular flexibility index (Phi) is 2.55. The summed E-state index contributed by atoms with van der Waals surface area (Å²) < 4.78 is 0. The second-order valence-corrected chi connectivity index (χ2v) is 4.80. The first-order valence-electron chi connectivity index (χ1n) is 6.07. The standard InChI is InChI=1S/C12H12N4O3/c17-9-12(4-2-5-12)10(18)16(11(19)14-9)7-8-3-1-6-13-15-8/h1,3,6H,2,4-5,7H2,(H,14,17,19). The van der Waals surface area contributed by atoms with Crippen LogP contribution in [0, 0.1) is 5.41 Å². The SMILES string of the molecule is O=C1NC(=O)C2(CCC2)C(=O)N1Cc1cccnn1. The molecule has 1 aromatic rings. The molecule has 0 radical (unpaired) electrons. The van der Waals surface area contributed by atoms with Crippen molar-refractivity contribution in [2.45, 2.75) is 25.8 Å². The molecule has 7 nitrogen and oxygen atoms in total. The number of imide groups is 2. The van der Waals surface area contributed by atoms with Gasteiger partial charge in [0.05, 0.1) is 12.2 Å². The highest BCUT2D eigenvalue weighted by Crippen LogP contribution is 2.44. The molecule has 2 heterocycles. The van der Waals surface area contributed by atoms with Crippen LogP contribution in [-0.2, 0) is 16.1 Å². The van der Waals surface area contributed by atoms with E-state index in [1.807, 2.05) is 0 Å². The van der Waals surface area contributed by atoms with Gasteiger partial charge < -0.3 is 0 Å². The van der Waals surface area contributed by atoms with Gasteiger partial charge in [-0.15, -0.1) is 0 Å². The topological polar surface area (TPSA) is 92.3 Å². The van der Waals surface area contributed by atoms with Gasteiger partial charge in [-0.1, -0.05) is 6.42 Å². The van der Waals surface area contributed by atoms with Crippen LogP contribution in [0.4, 0.5) is 4.79 Å². The Bertz CT molecular complexity index is 553. The number of amides is 4. The molecule has 19 heavy (non-hydrogen) atoms. The Hall–Kier alpha value is -2.31. The highest BCUT2D eigenvalue weighted by molar-refractivity contribution is 6.19. The van der Waals surface area contributed by atoms with Gasteiger partial charge in [0, 0.05) is 6.20 Å². The van der Waals surface area contributed by atoms with Crippen molar-refractivity contribution in [2.75, 3.05) is 0 Å². The van der Waals surface area contributed by atoms with E-state index in [9.17, 15) is 14.4 Å². The van der Waals surface area contributed by atoms with Gasteiger partial charge in [-0.2, -0.15) is 10.2 Å². The smallest absolute Gasteiger partial charge is 0.277 e. The summed E-state index contributed by atoms with van der Waals surface area (Å²) >= 11 is 0. The summed E-state index contributed by atoms with van der Waals surface area (Å²) in [7, 11) is 0. The molecule has 98 valence electrons. The Morgan fingerprint density at radius 3 is 2.68 bits per heavy atom. The molecule has 1 aliphatic heterocycles. The molecular formula is C12H12N4O3. The van der Waals surface area contributed by atoms with Crippen LogP contribution in [0.5, 0.6) is 0 Å². The van der Waals surface area contributed by atoms with Crippen LogP contribution < -0.4 is 5.32 Å². The Balaban J connectivity index is 1.86. The number of carbonyl (C=O) groups is 3. The lowest BCUT2D eigenvalue weighted by Gasteiger charge is -2.44. The highest BCUT2D eigenvalue weighted by atomic mass is 16.2. The zero-order chi connectivity index (χ0) is 13.5. The van der Waals surface area contributed by atoms with Crippen LogP contribution in [0.25, 0.3) is 0 Å².